The lowest BCUT2D eigenvalue weighted by Crippen LogP contribution is -2.22. The third-order valence-corrected chi connectivity index (χ3v) is 4.38. The third kappa shape index (κ3) is 4.68. The molecule has 144 valence electrons. The van der Waals surface area contributed by atoms with Gasteiger partial charge in [0.05, 0.1) is 6.20 Å². The highest BCUT2D eigenvalue weighted by Gasteiger charge is 2.07. The lowest BCUT2D eigenvalue weighted by atomic mass is 10.1. The summed E-state index contributed by atoms with van der Waals surface area (Å²) in [7, 11) is 1.87. The van der Waals surface area contributed by atoms with Crippen LogP contribution in [0.1, 0.15) is 15.9 Å². The molecule has 0 fully saturated rings. The van der Waals surface area contributed by atoms with Crippen LogP contribution in [-0.2, 0) is 13.6 Å². The van der Waals surface area contributed by atoms with Gasteiger partial charge in [0.15, 0.2) is 0 Å². The molecule has 0 unspecified atom stereocenters. The van der Waals surface area contributed by atoms with E-state index in [-0.39, 0.29) is 5.91 Å². The van der Waals surface area contributed by atoms with Gasteiger partial charge in [0.2, 0.25) is 0 Å². The molecular formula is C23H20N4O2. The van der Waals surface area contributed by atoms with Crippen LogP contribution in [0.15, 0.2) is 85.5 Å². The molecule has 4 aromatic rings. The molecule has 0 aliphatic rings. The fourth-order valence-electron chi connectivity index (χ4n) is 2.90. The van der Waals surface area contributed by atoms with Crippen molar-refractivity contribution in [2.24, 2.45) is 7.05 Å². The standard InChI is InChI=1S/C23H20N4O2/c1-27-16-20(15-26-27)19-11-17(12-24-14-19)13-25-23(28)18-7-9-22(10-8-18)29-21-5-3-2-4-6-21/h2-12,14-16H,13H2,1H3,(H,25,28). The maximum absolute atomic E-state index is 12.5. The van der Waals surface area contributed by atoms with Gasteiger partial charge in [-0.05, 0) is 48.0 Å². The second-order valence-electron chi connectivity index (χ2n) is 6.61. The Bertz CT molecular complexity index is 1110. The number of benzene rings is 2. The molecule has 6 nitrogen and oxygen atoms in total. The number of carbonyl (C=O) groups excluding carboxylic acids is 1. The summed E-state index contributed by atoms with van der Waals surface area (Å²) in [6, 6.07) is 18.6. The molecule has 0 saturated carbocycles. The number of ether oxygens (including phenoxy) is 1. The minimum absolute atomic E-state index is 0.150. The zero-order valence-corrected chi connectivity index (χ0v) is 15.9. The zero-order valence-electron chi connectivity index (χ0n) is 15.9. The van der Waals surface area contributed by atoms with Crippen LogP contribution in [0.25, 0.3) is 11.1 Å². The third-order valence-electron chi connectivity index (χ3n) is 4.38. The number of nitrogens with one attached hydrogen (secondary N) is 1. The first-order valence-electron chi connectivity index (χ1n) is 9.21. The minimum Gasteiger partial charge on any atom is -0.457 e. The number of hydrogen-bond donors (Lipinski definition) is 1. The Hall–Kier alpha value is -3.93. The summed E-state index contributed by atoms with van der Waals surface area (Å²) >= 11 is 0. The van der Waals surface area contributed by atoms with E-state index in [2.05, 4.69) is 15.4 Å². The molecule has 4 rings (SSSR count). The highest BCUT2D eigenvalue weighted by atomic mass is 16.5. The predicted octanol–water partition coefficient (Wildman–Crippen LogP) is 4.20. The van der Waals surface area contributed by atoms with Crippen molar-refractivity contribution < 1.29 is 9.53 Å². The number of aryl methyl sites for hydroxylation is 1. The van der Waals surface area contributed by atoms with Gasteiger partial charge in [-0.25, -0.2) is 0 Å². The van der Waals surface area contributed by atoms with Crippen LogP contribution >= 0.6 is 0 Å². The SMILES string of the molecule is Cn1cc(-c2cncc(CNC(=O)c3ccc(Oc4ccccc4)cc3)c2)cn1. The monoisotopic (exact) mass is 384 g/mol. The maximum atomic E-state index is 12.5. The topological polar surface area (TPSA) is 69.0 Å². The second-order valence-corrected chi connectivity index (χ2v) is 6.61. The Morgan fingerprint density at radius 3 is 2.45 bits per heavy atom. The molecule has 0 radical (unpaired) electrons. The van der Waals surface area contributed by atoms with E-state index >= 15 is 0 Å². The predicted molar refractivity (Wildman–Crippen MR) is 111 cm³/mol. The van der Waals surface area contributed by atoms with E-state index in [0.29, 0.717) is 17.9 Å². The van der Waals surface area contributed by atoms with Gasteiger partial charge in [0.25, 0.3) is 5.91 Å². The first-order chi connectivity index (χ1) is 14.2. The molecule has 0 atom stereocenters. The fraction of sp³-hybridized carbons (Fsp3) is 0.0870. The number of aromatic nitrogens is 3. The van der Waals surface area contributed by atoms with Gasteiger partial charge in [-0.2, -0.15) is 5.10 Å². The normalized spacial score (nSPS) is 10.5. The van der Waals surface area contributed by atoms with E-state index in [1.54, 1.807) is 47.5 Å². The van der Waals surface area contributed by atoms with E-state index in [9.17, 15) is 4.79 Å². The number of pyridine rings is 1. The van der Waals surface area contributed by atoms with E-state index in [0.717, 1.165) is 22.4 Å². The van der Waals surface area contributed by atoms with Crippen molar-refractivity contribution in [2.75, 3.05) is 0 Å². The van der Waals surface area contributed by atoms with Crippen molar-refractivity contribution in [1.82, 2.24) is 20.1 Å². The highest BCUT2D eigenvalue weighted by Crippen LogP contribution is 2.21. The van der Waals surface area contributed by atoms with Crippen LogP contribution < -0.4 is 10.1 Å². The molecule has 0 spiro atoms. The molecule has 1 amide bonds. The maximum Gasteiger partial charge on any atom is 0.251 e. The molecule has 6 heteroatoms. The molecule has 0 saturated heterocycles. The van der Waals surface area contributed by atoms with E-state index in [4.69, 9.17) is 4.74 Å². The first kappa shape index (κ1) is 18.4. The van der Waals surface area contributed by atoms with E-state index in [1.807, 2.05) is 49.6 Å². The van der Waals surface area contributed by atoms with Gasteiger partial charge in [-0.3, -0.25) is 14.5 Å². The van der Waals surface area contributed by atoms with Crippen molar-refractivity contribution in [2.45, 2.75) is 6.54 Å². The number of amides is 1. The summed E-state index contributed by atoms with van der Waals surface area (Å²) in [5, 5.41) is 7.11. The molecule has 0 aliphatic carbocycles. The molecule has 2 aromatic carbocycles. The van der Waals surface area contributed by atoms with Gasteiger partial charge < -0.3 is 10.1 Å². The molecule has 2 heterocycles. The first-order valence-corrected chi connectivity index (χ1v) is 9.21. The molecule has 1 N–H and O–H groups in total. The lowest BCUT2D eigenvalue weighted by molar-refractivity contribution is 0.0951. The Morgan fingerprint density at radius 2 is 1.72 bits per heavy atom. The van der Waals surface area contributed by atoms with Crippen molar-refractivity contribution >= 4 is 5.91 Å². The second kappa shape index (κ2) is 8.39. The van der Waals surface area contributed by atoms with Crippen LogP contribution in [0.4, 0.5) is 0 Å². The van der Waals surface area contributed by atoms with Crippen LogP contribution in [0, 0.1) is 0 Å². The van der Waals surface area contributed by atoms with Gasteiger partial charge in [0.1, 0.15) is 11.5 Å². The molecule has 0 aliphatic heterocycles. The Kier molecular flexibility index (Phi) is 5.33. The zero-order chi connectivity index (χ0) is 20.1. The van der Waals surface area contributed by atoms with Crippen LogP contribution in [0.3, 0.4) is 0 Å². The van der Waals surface area contributed by atoms with Crippen molar-refractivity contribution in [3.05, 3.63) is 96.6 Å². The number of carbonyl (C=O) groups is 1. The average molecular weight is 384 g/mol. The smallest absolute Gasteiger partial charge is 0.251 e. The fourth-order valence-corrected chi connectivity index (χ4v) is 2.90. The number of para-hydroxylation sites is 1. The van der Waals surface area contributed by atoms with E-state index in [1.165, 1.54) is 0 Å². The largest absolute Gasteiger partial charge is 0.457 e. The highest BCUT2D eigenvalue weighted by molar-refractivity contribution is 5.94. The van der Waals surface area contributed by atoms with Gasteiger partial charge in [0, 0.05) is 48.9 Å². The van der Waals surface area contributed by atoms with E-state index < -0.39 is 0 Å². The average Bonchev–Trinajstić information content (AvgIpc) is 3.20. The Balaban J connectivity index is 1.37. The molecule has 0 bridgehead atoms. The summed E-state index contributed by atoms with van der Waals surface area (Å²) < 4.78 is 7.50. The summed E-state index contributed by atoms with van der Waals surface area (Å²) in [5.74, 6) is 1.29. The summed E-state index contributed by atoms with van der Waals surface area (Å²) in [6.07, 6.45) is 7.25. The summed E-state index contributed by atoms with van der Waals surface area (Å²) in [5.41, 5.74) is 3.44. The Morgan fingerprint density at radius 1 is 0.966 bits per heavy atom. The molecule has 29 heavy (non-hydrogen) atoms. The summed E-state index contributed by atoms with van der Waals surface area (Å²) in [6.45, 7) is 0.391. The van der Waals surface area contributed by atoms with Gasteiger partial charge in [-0.15, -0.1) is 0 Å². The van der Waals surface area contributed by atoms with Gasteiger partial charge in [-0.1, -0.05) is 18.2 Å². The molecular weight excluding hydrogens is 364 g/mol. The van der Waals surface area contributed by atoms with Crippen LogP contribution in [0.2, 0.25) is 0 Å². The van der Waals surface area contributed by atoms with Crippen molar-refractivity contribution in [3.63, 3.8) is 0 Å². The molecule has 2 aromatic heterocycles. The Labute approximate surface area is 168 Å². The number of rotatable bonds is 6. The van der Waals surface area contributed by atoms with Crippen LogP contribution in [0.5, 0.6) is 11.5 Å². The number of hydrogen-bond acceptors (Lipinski definition) is 4. The number of nitrogens with zero attached hydrogens (tertiary/aromatic N) is 3. The lowest BCUT2D eigenvalue weighted by Gasteiger charge is -2.08. The summed E-state index contributed by atoms with van der Waals surface area (Å²) in [4.78, 5) is 16.7. The van der Waals surface area contributed by atoms with Gasteiger partial charge >= 0.3 is 0 Å². The van der Waals surface area contributed by atoms with Crippen LogP contribution in [-0.4, -0.2) is 20.7 Å². The van der Waals surface area contributed by atoms with Crippen molar-refractivity contribution in [1.29, 1.82) is 0 Å². The minimum atomic E-state index is -0.150. The quantitative estimate of drug-likeness (QED) is 0.541. The van der Waals surface area contributed by atoms with Crippen molar-refractivity contribution in [3.8, 4) is 22.6 Å².